The molecular weight excluding hydrogens is 264 g/mol. The first-order chi connectivity index (χ1) is 10.2. The van der Waals surface area contributed by atoms with E-state index in [9.17, 15) is 0 Å². The summed E-state index contributed by atoms with van der Waals surface area (Å²) in [7, 11) is 0. The van der Waals surface area contributed by atoms with Gasteiger partial charge in [-0.05, 0) is 26.7 Å². The van der Waals surface area contributed by atoms with Crippen molar-refractivity contribution < 1.29 is 4.74 Å². The number of piperazine rings is 1. The van der Waals surface area contributed by atoms with Crippen LogP contribution in [0.1, 0.15) is 44.9 Å². The van der Waals surface area contributed by atoms with E-state index in [1.54, 1.807) is 0 Å². The largest absolute Gasteiger partial charge is 0.478 e. The molecule has 3 rings (SSSR count). The van der Waals surface area contributed by atoms with Gasteiger partial charge in [-0.15, -0.1) is 0 Å². The standard InChI is InChI=1S/C16H26N4O/c1-3-21-15-11-14(18-13(2)19-15)20-10-9-17-12-16(20)7-5-4-6-8-16/h11,17H,3-10,12H2,1-2H3. The van der Waals surface area contributed by atoms with Crippen molar-refractivity contribution in [2.24, 2.45) is 0 Å². The van der Waals surface area contributed by atoms with Crippen LogP contribution < -0.4 is 15.0 Å². The minimum Gasteiger partial charge on any atom is -0.478 e. The topological polar surface area (TPSA) is 50.3 Å². The Morgan fingerprint density at radius 1 is 1.29 bits per heavy atom. The summed E-state index contributed by atoms with van der Waals surface area (Å²) >= 11 is 0. The molecule has 1 aromatic heterocycles. The number of nitrogens with zero attached hydrogens (tertiary/aromatic N) is 3. The summed E-state index contributed by atoms with van der Waals surface area (Å²) in [4.78, 5) is 11.6. The first kappa shape index (κ1) is 14.6. The van der Waals surface area contributed by atoms with Gasteiger partial charge in [0.25, 0.3) is 0 Å². The van der Waals surface area contributed by atoms with Crippen LogP contribution >= 0.6 is 0 Å². The summed E-state index contributed by atoms with van der Waals surface area (Å²) in [5, 5.41) is 3.58. The average molecular weight is 290 g/mol. The summed E-state index contributed by atoms with van der Waals surface area (Å²) in [6.45, 7) is 7.69. The number of hydrogen-bond donors (Lipinski definition) is 1. The van der Waals surface area contributed by atoms with E-state index in [2.05, 4.69) is 15.2 Å². The molecule has 0 atom stereocenters. The van der Waals surface area contributed by atoms with Gasteiger partial charge in [-0.25, -0.2) is 4.98 Å². The summed E-state index contributed by atoms with van der Waals surface area (Å²) < 4.78 is 5.60. The third-order valence-corrected chi connectivity index (χ3v) is 4.69. The lowest BCUT2D eigenvalue weighted by molar-refractivity contribution is 0.239. The van der Waals surface area contributed by atoms with E-state index in [1.807, 2.05) is 19.9 Å². The minimum absolute atomic E-state index is 0.237. The van der Waals surface area contributed by atoms with Gasteiger partial charge in [0.15, 0.2) is 0 Å². The van der Waals surface area contributed by atoms with E-state index in [0.717, 1.165) is 31.3 Å². The number of nitrogens with one attached hydrogen (secondary N) is 1. The molecule has 0 bridgehead atoms. The molecule has 2 heterocycles. The predicted molar refractivity (Wildman–Crippen MR) is 84.0 cm³/mol. The zero-order valence-corrected chi connectivity index (χ0v) is 13.2. The maximum atomic E-state index is 5.60. The van der Waals surface area contributed by atoms with E-state index < -0.39 is 0 Å². The Labute approximate surface area is 127 Å². The third-order valence-electron chi connectivity index (χ3n) is 4.69. The highest BCUT2D eigenvalue weighted by atomic mass is 16.5. The molecular formula is C16H26N4O. The van der Waals surface area contributed by atoms with Crippen molar-refractivity contribution in [1.82, 2.24) is 15.3 Å². The van der Waals surface area contributed by atoms with Gasteiger partial charge in [-0.3, -0.25) is 0 Å². The molecule has 2 fully saturated rings. The number of aryl methyl sites for hydroxylation is 1. The van der Waals surface area contributed by atoms with Crippen LogP contribution in [0.2, 0.25) is 0 Å². The van der Waals surface area contributed by atoms with E-state index in [-0.39, 0.29) is 5.54 Å². The van der Waals surface area contributed by atoms with Gasteiger partial charge in [0.2, 0.25) is 5.88 Å². The van der Waals surface area contributed by atoms with Crippen LogP contribution in [0.4, 0.5) is 5.82 Å². The number of anilines is 1. The van der Waals surface area contributed by atoms with Crippen molar-refractivity contribution in [2.75, 3.05) is 31.1 Å². The van der Waals surface area contributed by atoms with Gasteiger partial charge < -0.3 is 15.0 Å². The predicted octanol–water partition coefficient (Wildman–Crippen LogP) is 2.30. The summed E-state index contributed by atoms with van der Waals surface area (Å²) in [5.74, 6) is 2.53. The zero-order valence-electron chi connectivity index (χ0n) is 13.2. The molecule has 1 saturated heterocycles. The molecule has 1 aliphatic heterocycles. The van der Waals surface area contributed by atoms with E-state index in [1.165, 1.54) is 32.1 Å². The third kappa shape index (κ3) is 2.98. The Balaban J connectivity index is 1.92. The fraction of sp³-hybridized carbons (Fsp3) is 0.750. The molecule has 1 spiro atoms. The van der Waals surface area contributed by atoms with Gasteiger partial charge in [0, 0.05) is 25.7 Å². The molecule has 1 aromatic rings. The molecule has 1 N–H and O–H groups in total. The van der Waals surface area contributed by atoms with Crippen LogP contribution in [0.5, 0.6) is 5.88 Å². The molecule has 2 aliphatic rings. The lowest BCUT2D eigenvalue weighted by atomic mass is 9.79. The number of ether oxygens (including phenoxy) is 1. The van der Waals surface area contributed by atoms with Crippen molar-refractivity contribution in [1.29, 1.82) is 0 Å². The highest BCUT2D eigenvalue weighted by Crippen LogP contribution is 2.37. The molecule has 116 valence electrons. The van der Waals surface area contributed by atoms with Crippen LogP contribution in [-0.2, 0) is 0 Å². The molecule has 0 aromatic carbocycles. The summed E-state index contributed by atoms with van der Waals surface area (Å²) in [6, 6.07) is 2.01. The van der Waals surface area contributed by atoms with Gasteiger partial charge in [0.1, 0.15) is 11.6 Å². The Morgan fingerprint density at radius 2 is 2.10 bits per heavy atom. The Hall–Kier alpha value is -1.36. The summed E-state index contributed by atoms with van der Waals surface area (Å²) in [6.07, 6.45) is 6.52. The first-order valence-corrected chi connectivity index (χ1v) is 8.20. The fourth-order valence-electron chi connectivity index (χ4n) is 3.74. The van der Waals surface area contributed by atoms with E-state index >= 15 is 0 Å². The molecule has 0 radical (unpaired) electrons. The van der Waals surface area contributed by atoms with Crippen molar-refractivity contribution in [3.05, 3.63) is 11.9 Å². The second kappa shape index (κ2) is 6.18. The monoisotopic (exact) mass is 290 g/mol. The maximum absolute atomic E-state index is 5.60. The SMILES string of the molecule is CCOc1cc(N2CCNCC23CCCCC3)nc(C)n1. The molecule has 1 aliphatic carbocycles. The lowest BCUT2D eigenvalue weighted by Crippen LogP contribution is -2.62. The van der Waals surface area contributed by atoms with Crippen LogP contribution in [0.15, 0.2) is 6.07 Å². The van der Waals surface area contributed by atoms with Crippen LogP contribution in [-0.4, -0.2) is 41.7 Å². The maximum Gasteiger partial charge on any atom is 0.218 e. The van der Waals surface area contributed by atoms with Gasteiger partial charge in [-0.2, -0.15) is 4.98 Å². The van der Waals surface area contributed by atoms with Crippen LogP contribution in [0, 0.1) is 6.92 Å². The molecule has 5 nitrogen and oxygen atoms in total. The highest BCUT2D eigenvalue weighted by molar-refractivity contribution is 5.46. The van der Waals surface area contributed by atoms with Crippen LogP contribution in [0.25, 0.3) is 0 Å². The zero-order chi connectivity index (χ0) is 14.7. The van der Waals surface area contributed by atoms with E-state index in [0.29, 0.717) is 12.5 Å². The minimum atomic E-state index is 0.237. The molecule has 0 unspecified atom stereocenters. The molecule has 5 heteroatoms. The van der Waals surface area contributed by atoms with Crippen molar-refractivity contribution in [3.63, 3.8) is 0 Å². The quantitative estimate of drug-likeness (QED) is 0.925. The fourth-order valence-corrected chi connectivity index (χ4v) is 3.74. The molecule has 0 amide bonds. The van der Waals surface area contributed by atoms with Gasteiger partial charge in [-0.1, -0.05) is 19.3 Å². The lowest BCUT2D eigenvalue weighted by Gasteiger charge is -2.50. The van der Waals surface area contributed by atoms with Crippen molar-refractivity contribution >= 4 is 5.82 Å². The second-order valence-corrected chi connectivity index (χ2v) is 6.16. The Bertz CT molecular complexity index is 477. The second-order valence-electron chi connectivity index (χ2n) is 6.16. The normalized spacial score (nSPS) is 21.5. The van der Waals surface area contributed by atoms with Crippen molar-refractivity contribution in [3.8, 4) is 5.88 Å². The highest BCUT2D eigenvalue weighted by Gasteiger charge is 2.40. The van der Waals surface area contributed by atoms with Gasteiger partial charge in [0.05, 0.1) is 12.1 Å². The number of rotatable bonds is 3. The molecule has 1 saturated carbocycles. The van der Waals surface area contributed by atoms with E-state index in [4.69, 9.17) is 9.72 Å². The number of aromatic nitrogens is 2. The first-order valence-electron chi connectivity index (χ1n) is 8.20. The Morgan fingerprint density at radius 3 is 2.86 bits per heavy atom. The van der Waals surface area contributed by atoms with Crippen molar-refractivity contribution in [2.45, 2.75) is 51.5 Å². The summed E-state index contributed by atoms with van der Waals surface area (Å²) in [5.41, 5.74) is 0.237. The average Bonchev–Trinajstić information content (AvgIpc) is 2.48. The molecule has 21 heavy (non-hydrogen) atoms. The van der Waals surface area contributed by atoms with Gasteiger partial charge >= 0.3 is 0 Å². The smallest absolute Gasteiger partial charge is 0.218 e. The van der Waals surface area contributed by atoms with Crippen LogP contribution in [0.3, 0.4) is 0 Å². The Kier molecular flexibility index (Phi) is 4.29. The number of hydrogen-bond acceptors (Lipinski definition) is 5.